The first kappa shape index (κ1) is 15.8. The Labute approximate surface area is 126 Å². The second kappa shape index (κ2) is 8.65. The monoisotopic (exact) mass is 296 g/mol. The van der Waals surface area contributed by atoms with E-state index in [-0.39, 0.29) is 5.82 Å². The molecule has 112 valence electrons. The van der Waals surface area contributed by atoms with Crippen molar-refractivity contribution in [2.75, 3.05) is 38.5 Å². The first-order valence-electron chi connectivity index (χ1n) is 7.60. The molecule has 1 aromatic rings. The fraction of sp³-hybridized carbons (Fsp3) is 0.625. The second-order valence-corrected chi connectivity index (χ2v) is 6.52. The van der Waals surface area contributed by atoms with Gasteiger partial charge in [-0.05, 0) is 50.5 Å². The molecule has 0 aliphatic carbocycles. The number of nitrogens with zero attached hydrogens (tertiary/aromatic N) is 1. The highest BCUT2D eigenvalue weighted by Gasteiger charge is 2.16. The van der Waals surface area contributed by atoms with Crippen LogP contribution in [0.2, 0.25) is 0 Å². The first-order valence-corrected chi connectivity index (χ1v) is 8.58. The van der Waals surface area contributed by atoms with Gasteiger partial charge < -0.3 is 10.2 Å². The number of benzene rings is 1. The zero-order valence-corrected chi connectivity index (χ0v) is 13.1. The van der Waals surface area contributed by atoms with Crippen LogP contribution < -0.4 is 5.32 Å². The maximum Gasteiger partial charge on any atom is 0.136 e. The van der Waals surface area contributed by atoms with Crippen LogP contribution in [0.25, 0.3) is 0 Å². The molecule has 1 aliphatic heterocycles. The Morgan fingerprint density at radius 2 is 2.25 bits per heavy atom. The van der Waals surface area contributed by atoms with E-state index in [1.54, 1.807) is 17.8 Å². The summed E-state index contributed by atoms with van der Waals surface area (Å²) < 4.78 is 13.5. The number of halogens is 1. The molecule has 0 spiro atoms. The van der Waals surface area contributed by atoms with Crippen LogP contribution in [-0.4, -0.2) is 43.4 Å². The van der Waals surface area contributed by atoms with Gasteiger partial charge in [-0.2, -0.15) is 0 Å². The standard InChI is InChI=1S/C16H25FN2S/c1-2-19(13-14-6-5-9-18-12-14)10-11-20-16-8-4-3-7-15(16)17/h3-4,7-8,14,18H,2,5-6,9-13H2,1H3. The van der Waals surface area contributed by atoms with E-state index < -0.39 is 0 Å². The number of hydrogen-bond acceptors (Lipinski definition) is 3. The van der Waals surface area contributed by atoms with Gasteiger partial charge in [-0.3, -0.25) is 0 Å². The normalized spacial score (nSPS) is 19.4. The van der Waals surface area contributed by atoms with Crippen LogP contribution in [0, 0.1) is 11.7 Å². The van der Waals surface area contributed by atoms with Crippen molar-refractivity contribution in [3.8, 4) is 0 Å². The van der Waals surface area contributed by atoms with E-state index in [1.807, 2.05) is 12.1 Å². The highest BCUT2D eigenvalue weighted by molar-refractivity contribution is 7.99. The smallest absolute Gasteiger partial charge is 0.136 e. The molecule has 1 N–H and O–H groups in total. The summed E-state index contributed by atoms with van der Waals surface area (Å²) in [4.78, 5) is 3.26. The van der Waals surface area contributed by atoms with E-state index in [9.17, 15) is 4.39 Å². The topological polar surface area (TPSA) is 15.3 Å². The van der Waals surface area contributed by atoms with Crippen molar-refractivity contribution in [1.29, 1.82) is 0 Å². The van der Waals surface area contributed by atoms with Crippen molar-refractivity contribution in [2.24, 2.45) is 5.92 Å². The summed E-state index contributed by atoms with van der Waals surface area (Å²) in [6.07, 6.45) is 2.64. The summed E-state index contributed by atoms with van der Waals surface area (Å²) >= 11 is 1.62. The summed E-state index contributed by atoms with van der Waals surface area (Å²) in [7, 11) is 0. The number of nitrogens with one attached hydrogen (secondary N) is 1. The lowest BCUT2D eigenvalue weighted by atomic mass is 9.99. The number of thioether (sulfide) groups is 1. The zero-order chi connectivity index (χ0) is 14.2. The van der Waals surface area contributed by atoms with Crippen LogP contribution in [0.1, 0.15) is 19.8 Å². The van der Waals surface area contributed by atoms with Gasteiger partial charge in [-0.15, -0.1) is 11.8 Å². The van der Waals surface area contributed by atoms with Gasteiger partial charge in [0.15, 0.2) is 0 Å². The molecule has 0 bridgehead atoms. The first-order chi connectivity index (χ1) is 9.79. The highest BCUT2D eigenvalue weighted by Crippen LogP contribution is 2.21. The molecule has 0 radical (unpaired) electrons. The number of hydrogen-bond donors (Lipinski definition) is 1. The number of rotatable bonds is 7. The van der Waals surface area contributed by atoms with E-state index in [2.05, 4.69) is 17.1 Å². The molecule has 20 heavy (non-hydrogen) atoms. The molecule has 1 fully saturated rings. The van der Waals surface area contributed by atoms with Crippen molar-refractivity contribution < 1.29 is 4.39 Å². The van der Waals surface area contributed by atoms with E-state index >= 15 is 0 Å². The van der Waals surface area contributed by atoms with E-state index in [0.717, 1.165) is 36.2 Å². The van der Waals surface area contributed by atoms with E-state index in [1.165, 1.54) is 32.0 Å². The van der Waals surface area contributed by atoms with E-state index in [0.29, 0.717) is 0 Å². The summed E-state index contributed by atoms with van der Waals surface area (Å²) in [6.45, 7) is 7.81. The van der Waals surface area contributed by atoms with E-state index in [4.69, 9.17) is 0 Å². The Bertz CT molecular complexity index is 394. The molecule has 1 unspecified atom stereocenters. The maximum absolute atomic E-state index is 13.5. The Balaban J connectivity index is 1.72. The molecule has 0 saturated carbocycles. The molecule has 1 heterocycles. The molecule has 2 nitrogen and oxygen atoms in total. The Morgan fingerprint density at radius 3 is 2.95 bits per heavy atom. The predicted octanol–water partition coefficient (Wildman–Crippen LogP) is 3.24. The lowest BCUT2D eigenvalue weighted by Crippen LogP contribution is -2.39. The van der Waals surface area contributed by atoms with Crippen LogP contribution in [0.3, 0.4) is 0 Å². The summed E-state index contributed by atoms with van der Waals surface area (Å²) in [5.74, 6) is 1.63. The van der Waals surface area contributed by atoms with Crippen LogP contribution in [0.15, 0.2) is 29.2 Å². The van der Waals surface area contributed by atoms with Gasteiger partial charge in [-0.25, -0.2) is 4.39 Å². The zero-order valence-electron chi connectivity index (χ0n) is 12.3. The molecule has 2 rings (SSSR count). The molecule has 4 heteroatoms. The molecular weight excluding hydrogens is 271 g/mol. The lowest BCUT2D eigenvalue weighted by molar-refractivity contribution is 0.226. The molecule has 0 amide bonds. The summed E-state index contributed by atoms with van der Waals surface area (Å²) in [6, 6.07) is 7.04. The molecule has 1 aliphatic rings. The average molecular weight is 296 g/mol. The average Bonchev–Trinajstić information content (AvgIpc) is 2.49. The minimum atomic E-state index is -0.1000. The molecule has 0 aromatic heterocycles. The Kier molecular flexibility index (Phi) is 6.83. The fourth-order valence-electron chi connectivity index (χ4n) is 2.67. The summed E-state index contributed by atoms with van der Waals surface area (Å²) in [5.41, 5.74) is 0. The van der Waals surface area contributed by atoms with Gasteiger partial charge >= 0.3 is 0 Å². The third-order valence-corrected chi connectivity index (χ3v) is 4.89. The molecule has 1 aromatic carbocycles. The van der Waals surface area contributed by atoms with Gasteiger partial charge in [0.2, 0.25) is 0 Å². The van der Waals surface area contributed by atoms with Crippen molar-refractivity contribution in [2.45, 2.75) is 24.7 Å². The van der Waals surface area contributed by atoms with Gasteiger partial charge in [0, 0.05) is 23.7 Å². The van der Waals surface area contributed by atoms with Crippen LogP contribution in [-0.2, 0) is 0 Å². The lowest BCUT2D eigenvalue weighted by Gasteiger charge is -2.29. The largest absolute Gasteiger partial charge is 0.316 e. The highest BCUT2D eigenvalue weighted by atomic mass is 32.2. The van der Waals surface area contributed by atoms with Crippen LogP contribution >= 0.6 is 11.8 Å². The fourth-order valence-corrected chi connectivity index (χ4v) is 3.62. The molecule has 1 atom stereocenters. The van der Waals surface area contributed by atoms with Gasteiger partial charge in [0.25, 0.3) is 0 Å². The van der Waals surface area contributed by atoms with Crippen molar-refractivity contribution >= 4 is 11.8 Å². The van der Waals surface area contributed by atoms with Crippen molar-refractivity contribution in [3.05, 3.63) is 30.1 Å². The van der Waals surface area contributed by atoms with Crippen LogP contribution in [0.5, 0.6) is 0 Å². The minimum Gasteiger partial charge on any atom is -0.316 e. The Hall–Kier alpha value is -0.580. The summed E-state index contributed by atoms with van der Waals surface area (Å²) in [5, 5.41) is 3.47. The van der Waals surface area contributed by atoms with Gasteiger partial charge in [0.05, 0.1) is 0 Å². The number of piperidine rings is 1. The maximum atomic E-state index is 13.5. The van der Waals surface area contributed by atoms with Gasteiger partial charge in [0.1, 0.15) is 5.82 Å². The van der Waals surface area contributed by atoms with Crippen LogP contribution in [0.4, 0.5) is 4.39 Å². The van der Waals surface area contributed by atoms with Gasteiger partial charge in [-0.1, -0.05) is 19.1 Å². The Morgan fingerprint density at radius 1 is 1.40 bits per heavy atom. The third-order valence-electron chi connectivity index (χ3n) is 3.86. The predicted molar refractivity (Wildman–Crippen MR) is 84.8 cm³/mol. The molecule has 1 saturated heterocycles. The SMILES string of the molecule is CCN(CCSc1ccccc1F)CC1CCCNC1. The third kappa shape index (κ3) is 5.08. The molecular formula is C16H25FN2S. The van der Waals surface area contributed by atoms with Crippen molar-refractivity contribution in [3.63, 3.8) is 0 Å². The minimum absolute atomic E-state index is 0.1000. The van der Waals surface area contributed by atoms with Crippen molar-refractivity contribution in [1.82, 2.24) is 10.2 Å². The second-order valence-electron chi connectivity index (χ2n) is 5.38. The quantitative estimate of drug-likeness (QED) is 0.778.